The van der Waals surface area contributed by atoms with Crippen LogP contribution in [0.2, 0.25) is 10.0 Å². The highest BCUT2D eigenvalue weighted by Gasteiger charge is 2.29. The lowest BCUT2D eigenvalue weighted by atomic mass is 10.1. The Kier molecular flexibility index (Phi) is 14.3. The van der Waals surface area contributed by atoms with Crippen molar-refractivity contribution in [1.29, 1.82) is 0 Å². The van der Waals surface area contributed by atoms with Gasteiger partial charge in [-0.1, -0.05) is 69.1 Å². The van der Waals surface area contributed by atoms with Crippen LogP contribution in [0.4, 0.5) is 16.2 Å². The monoisotopic (exact) mass is 802 g/mol. The van der Waals surface area contributed by atoms with Gasteiger partial charge >= 0.3 is 17.2 Å². The van der Waals surface area contributed by atoms with Crippen LogP contribution in [0.5, 0.6) is 11.5 Å². The highest BCUT2D eigenvalue weighted by Crippen LogP contribution is 2.34. The predicted octanol–water partition coefficient (Wildman–Crippen LogP) is 8.58. The van der Waals surface area contributed by atoms with E-state index in [1.54, 1.807) is 49.7 Å². The molecule has 0 amide bonds. The number of aromatic nitrogens is 3. The molecule has 5 aromatic rings. The first-order valence-electron chi connectivity index (χ1n) is 15.9. The zero-order chi connectivity index (χ0) is 37.2. The summed E-state index contributed by atoms with van der Waals surface area (Å²) in [5, 5.41) is 4.20. The highest BCUT2D eigenvalue weighted by molar-refractivity contribution is 8.76. The molecule has 0 saturated carbocycles. The number of pyridine rings is 1. The second-order valence-electron chi connectivity index (χ2n) is 11.2. The van der Waals surface area contributed by atoms with Crippen LogP contribution in [0, 0.1) is 13.8 Å². The molecule has 0 aliphatic rings. The van der Waals surface area contributed by atoms with Gasteiger partial charge in [-0.25, -0.2) is 4.79 Å². The van der Waals surface area contributed by atoms with Gasteiger partial charge in [0.05, 0.1) is 53.1 Å². The number of ether oxygens (including phenoxy) is 4. The van der Waals surface area contributed by atoms with E-state index in [0.29, 0.717) is 61.2 Å². The van der Waals surface area contributed by atoms with Gasteiger partial charge in [-0.2, -0.15) is 9.55 Å². The number of carbonyl (C=O) groups excluding carboxylic acids is 2. The van der Waals surface area contributed by atoms with Crippen LogP contribution in [-0.2, 0) is 37.6 Å². The van der Waals surface area contributed by atoms with E-state index in [1.165, 1.54) is 33.3 Å². The molecule has 0 radical (unpaired) electrons. The van der Waals surface area contributed by atoms with Gasteiger partial charge in [-0.3, -0.25) is 9.78 Å². The number of halogens is 2. The second-order valence-corrected chi connectivity index (χ2v) is 16.0. The Morgan fingerprint density at radius 3 is 2.37 bits per heavy atom. The van der Waals surface area contributed by atoms with Crippen LogP contribution in [-0.4, -0.2) is 70.1 Å². The number of hydrogen-bond donors (Lipinski definition) is 1. The molecule has 0 spiro atoms. The molecule has 16 heteroatoms. The number of hydrogen-bond acceptors (Lipinski definition) is 12. The highest BCUT2D eigenvalue weighted by atomic mass is 35.5. The van der Waals surface area contributed by atoms with Gasteiger partial charge in [0.15, 0.2) is 5.75 Å². The van der Waals surface area contributed by atoms with Crippen molar-refractivity contribution < 1.29 is 33.1 Å². The maximum Gasteiger partial charge on any atom is 0.423 e. The lowest BCUT2D eigenvalue weighted by Gasteiger charge is -2.15. The quantitative estimate of drug-likeness (QED) is 0.0443. The number of nitrogens with zero attached hydrogens (tertiary/aromatic N) is 3. The van der Waals surface area contributed by atoms with Crippen molar-refractivity contribution in [3.8, 4) is 11.5 Å². The number of methoxy groups -OCH3 is 2. The van der Waals surface area contributed by atoms with Crippen LogP contribution in [0.1, 0.15) is 22.4 Å². The number of benzene rings is 3. The fraction of sp³-hybridized carbons (Fsp3) is 0.278. The van der Waals surface area contributed by atoms with E-state index in [-0.39, 0.29) is 36.5 Å². The van der Waals surface area contributed by atoms with Crippen molar-refractivity contribution in [3.05, 3.63) is 99.3 Å². The lowest BCUT2D eigenvalue weighted by Crippen LogP contribution is -2.21. The molecule has 0 aliphatic heterocycles. The Hall–Kier alpha value is -3.79. The van der Waals surface area contributed by atoms with Crippen molar-refractivity contribution in [2.45, 2.75) is 31.2 Å². The van der Waals surface area contributed by atoms with Crippen LogP contribution in [0.3, 0.4) is 0 Å². The van der Waals surface area contributed by atoms with E-state index in [0.717, 1.165) is 16.7 Å². The van der Waals surface area contributed by atoms with Gasteiger partial charge in [0.25, 0.3) is 0 Å². The summed E-state index contributed by atoms with van der Waals surface area (Å²) in [6.45, 7) is 4.04. The van der Waals surface area contributed by atoms with Gasteiger partial charge in [0.2, 0.25) is 0 Å². The average molecular weight is 804 g/mol. The second kappa shape index (κ2) is 18.8. The number of anilines is 2. The molecule has 2 aromatic heterocycles. The molecule has 0 aliphatic carbocycles. The fourth-order valence-electron chi connectivity index (χ4n) is 5.19. The zero-order valence-electron chi connectivity index (χ0n) is 28.8. The Morgan fingerprint density at radius 2 is 1.65 bits per heavy atom. The Balaban J connectivity index is 1.10. The van der Waals surface area contributed by atoms with Crippen LogP contribution in [0.25, 0.3) is 11.0 Å². The van der Waals surface area contributed by atoms with Crippen LogP contribution >= 0.6 is 44.8 Å². The van der Waals surface area contributed by atoms with E-state index < -0.39 is 17.3 Å². The molecule has 0 bridgehead atoms. The van der Waals surface area contributed by atoms with Gasteiger partial charge in [0.1, 0.15) is 24.7 Å². The normalized spacial score (nSPS) is 11.7. The summed E-state index contributed by atoms with van der Waals surface area (Å²) >= 11 is 10.9. The molecule has 52 heavy (non-hydrogen) atoms. The molecular formula is C36H36Cl2N4O7S3. The van der Waals surface area contributed by atoms with Gasteiger partial charge in [-0.05, 0) is 49.7 Å². The molecule has 1 N–H and O–H groups in total. The van der Waals surface area contributed by atoms with Crippen molar-refractivity contribution in [3.63, 3.8) is 0 Å². The number of aryl methyl sites for hydroxylation is 1. The fourth-order valence-corrected chi connectivity index (χ4v) is 8.58. The average Bonchev–Trinajstić information content (AvgIpc) is 3.52. The summed E-state index contributed by atoms with van der Waals surface area (Å²) in [6.07, 6.45) is 1.03. The molecule has 274 valence electrons. The maximum absolute atomic E-state index is 13.7. The van der Waals surface area contributed by atoms with E-state index in [4.69, 9.17) is 42.1 Å². The van der Waals surface area contributed by atoms with Gasteiger partial charge in [0, 0.05) is 51.8 Å². The van der Waals surface area contributed by atoms with Crippen LogP contribution < -0.4 is 14.8 Å². The number of esters is 1. The number of nitrogens with one attached hydrogen (secondary N) is 1. The van der Waals surface area contributed by atoms with Crippen molar-refractivity contribution in [2.24, 2.45) is 0 Å². The third kappa shape index (κ3) is 9.79. The summed E-state index contributed by atoms with van der Waals surface area (Å²) in [5.41, 5.74) is 5.09. The van der Waals surface area contributed by atoms with Crippen molar-refractivity contribution in [1.82, 2.24) is 14.5 Å². The molecule has 1 atom stereocenters. The third-order valence-electron chi connectivity index (χ3n) is 7.71. The molecule has 11 nitrogen and oxygen atoms in total. The minimum Gasteiger partial charge on any atom is -0.609 e. The van der Waals surface area contributed by atoms with E-state index >= 15 is 0 Å². The number of fused-ring (bicyclic) bond motifs is 1. The molecular weight excluding hydrogens is 768 g/mol. The number of carbonyl (C=O) groups is 2. The Morgan fingerprint density at radius 1 is 0.942 bits per heavy atom. The van der Waals surface area contributed by atoms with E-state index in [9.17, 15) is 14.1 Å². The molecule has 5 rings (SSSR count). The van der Waals surface area contributed by atoms with Gasteiger partial charge < -0.3 is 28.8 Å². The Bertz CT molecular complexity index is 2030. The Labute approximate surface area is 322 Å². The first-order chi connectivity index (χ1) is 25.1. The topological polar surface area (TPSA) is 137 Å². The molecule has 2 heterocycles. The largest absolute Gasteiger partial charge is 0.609 e. The molecule has 0 saturated heterocycles. The minimum absolute atomic E-state index is 0.0219. The lowest BCUT2D eigenvalue weighted by molar-refractivity contribution is -0.142. The smallest absolute Gasteiger partial charge is 0.423 e. The molecule has 1 unspecified atom stereocenters. The summed E-state index contributed by atoms with van der Waals surface area (Å²) in [6, 6.07) is 17.6. The molecule has 3 aromatic carbocycles. The summed E-state index contributed by atoms with van der Waals surface area (Å²) in [7, 11) is 6.07. The SMILES string of the molecule is COc1ccc2c(c1)nc([S+]([O-])Cc1ncc(C)c(OC)c1C)n2C(=O)OCCSSCCOC(=O)Cc1ccccc1Nc1c(Cl)cccc1Cl. The maximum atomic E-state index is 13.7. The summed E-state index contributed by atoms with van der Waals surface area (Å²) in [4.78, 5) is 35.0. The first-order valence-corrected chi connectivity index (χ1v) is 20.5. The van der Waals surface area contributed by atoms with Gasteiger partial charge in [-0.15, -0.1) is 0 Å². The summed E-state index contributed by atoms with van der Waals surface area (Å²) < 4.78 is 36.8. The number of para-hydroxylation sites is 2. The third-order valence-corrected chi connectivity index (χ3v) is 11.9. The molecule has 0 fully saturated rings. The zero-order valence-corrected chi connectivity index (χ0v) is 32.7. The van der Waals surface area contributed by atoms with E-state index in [1.807, 2.05) is 38.1 Å². The van der Waals surface area contributed by atoms with E-state index in [2.05, 4.69) is 15.3 Å². The predicted molar refractivity (Wildman–Crippen MR) is 209 cm³/mol. The van der Waals surface area contributed by atoms with Crippen molar-refractivity contribution in [2.75, 3.05) is 44.3 Å². The first kappa shape index (κ1) is 39.4. The standard InChI is InChI=1S/C36H36Cl2N4O7S3/c1-22-20-39-30(23(2)34(22)47-4)21-52(45)35-41-29-19-25(46-3)12-13-31(29)42(35)36(44)49-15-17-51-50-16-14-48-32(43)18-24-8-5-6-11-28(24)40-33-26(37)9-7-10-27(33)38/h5-13,19-20,40H,14-18,21H2,1-4H3. The van der Waals surface area contributed by atoms with Crippen LogP contribution in [0.15, 0.2) is 72.0 Å². The van der Waals surface area contributed by atoms with Crippen molar-refractivity contribution >= 4 is 90.4 Å². The number of imidazole rings is 1. The minimum atomic E-state index is -1.75. The number of rotatable bonds is 16. The summed E-state index contributed by atoms with van der Waals surface area (Å²) in [5.74, 6) is 1.87.